The SMILES string of the molecule is CCCCCCCCCCCCCCCCCCCCCCCCCCCCC(=O)N[C@H](CO)[C@H](O)C(O)CCCCCCCCCCCCCC. The molecule has 0 aromatic carbocycles. The van der Waals surface area contributed by atoms with Crippen molar-refractivity contribution in [3.05, 3.63) is 0 Å². The molecule has 5 heteroatoms. The number of hydrogen-bond acceptors (Lipinski definition) is 4. The Morgan fingerprint density at radius 2 is 0.654 bits per heavy atom. The smallest absolute Gasteiger partial charge is 0.220 e. The van der Waals surface area contributed by atoms with Crippen LogP contribution in [-0.4, -0.2) is 46.1 Å². The van der Waals surface area contributed by atoms with Crippen LogP contribution in [-0.2, 0) is 4.79 Å². The van der Waals surface area contributed by atoms with Crippen LogP contribution in [0.4, 0.5) is 0 Å². The Kier molecular flexibility index (Phi) is 42.5. The van der Waals surface area contributed by atoms with E-state index in [1.807, 2.05) is 0 Å². The summed E-state index contributed by atoms with van der Waals surface area (Å²) in [5.74, 6) is -0.139. The Morgan fingerprint density at radius 1 is 0.404 bits per heavy atom. The molecule has 0 aliphatic rings. The van der Waals surface area contributed by atoms with Gasteiger partial charge in [-0.2, -0.15) is 0 Å². The van der Waals surface area contributed by atoms with Gasteiger partial charge in [0, 0.05) is 6.42 Å². The number of carbonyl (C=O) groups excluding carboxylic acids is 1. The van der Waals surface area contributed by atoms with E-state index in [4.69, 9.17) is 0 Å². The van der Waals surface area contributed by atoms with Crippen LogP contribution >= 0.6 is 0 Å². The Morgan fingerprint density at radius 3 is 0.923 bits per heavy atom. The lowest BCUT2D eigenvalue weighted by molar-refractivity contribution is -0.124. The molecule has 0 fully saturated rings. The lowest BCUT2D eigenvalue weighted by Gasteiger charge is -2.26. The van der Waals surface area contributed by atoms with E-state index in [9.17, 15) is 20.1 Å². The Labute approximate surface area is 326 Å². The summed E-state index contributed by atoms with van der Waals surface area (Å²) in [7, 11) is 0. The molecule has 0 saturated carbocycles. The zero-order chi connectivity index (χ0) is 38.0. The highest BCUT2D eigenvalue weighted by molar-refractivity contribution is 5.76. The van der Waals surface area contributed by atoms with Gasteiger partial charge in [-0.25, -0.2) is 0 Å². The van der Waals surface area contributed by atoms with Gasteiger partial charge in [0.1, 0.15) is 6.10 Å². The van der Waals surface area contributed by atoms with E-state index < -0.39 is 18.2 Å². The lowest BCUT2D eigenvalue weighted by Crippen LogP contribution is -2.50. The van der Waals surface area contributed by atoms with Gasteiger partial charge < -0.3 is 20.6 Å². The third-order valence-electron chi connectivity index (χ3n) is 11.5. The maximum Gasteiger partial charge on any atom is 0.220 e. The highest BCUT2D eigenvalue weighted by Gasteiger charge is 2.26. The third kappa shape index (κ3) is 37.7. The maximum atomic E-state index is 12.4. The summed E-state index contributed by atoms with van der Waals surface area (Å²) in [6.07, 6.45) is 49.5. The number of aliphatic hydroxyl groups excluding tert-OH is 3. The summed E-state index contributed by atoms with van der Waals surface area (Å²) < 4.78 is 0. The largest absolute Gasteiger partial charge is 0.394 e. The molecule has 1 amide bonds. The van der Waals surface area contributed by atoms with Gasteiger partial charge >= 0.3 is 0 Å². The maximum absolute atomic E-state index is 12.4. The molecule has 0 rings (SSSR count). The van der Waals surface area contributed by atoms with Crippen molar-refractivity contribution >= 4 is 5.91 Å². The summed E-state index contributed by atoms with van der Waals surface area (Å²) in [6.45, 7) is 4.19. The first-order valence-electron chi connectivity index (χ1n) is 23.8. The fourth-order valence-electron chi connectivity index (χ4n) is 7.75. The minimum Gasteiger partial charge on any atom is -0.394 e. The molecule has 0 aliphatic heterocycles. The summed E-state index contributed by atoms with van der Waals surface area (Å²) in [6, 6.07) is -0.802. The quantitative estimate of drug-likeness (QED) is 0.0469. The van der Waals surface area contributed by atoms with Crippen LogP contribution in [0.5, 0.6) is 0 Å². The van der Waals surface area contributed by atoms with Crippen LogP contribution < -0.4 is 5.32 Å². The van der Waals surface area contributed by atoms with E-state index in [0.717, 1.165) is 32.1 Å². The van der Waals surface area contributed by atoms with Crippen molar-refractivity contribution in [2.24, 2.45) is 0 Å². The first kappa shape index (κ1) is 51.4. The van der Waals surface area contributed by atoms with E-state index in [0.29, 0.717) is 12.8 Å². The molecule has 0 radical (unpaired) electrons. The summed E-state index contributed by atoms with van der Waals surface area (Å²) >= 11 is 0. The number of carbonyl (C=O) groups is 1. The molecule has 1 unspecified atom stereocenters. The molecule has 0 aliphatic carbocycles. The first-order valence-corrected chi connectivity index (χ1v) is 23.8. The Hall–Kier alpha value is -0.650. The number of amides is 1. The average Bonchev–Trinajstić information content (AvgIpc) is 3.15. The van der Waals surface area contributed by atoms with Gasteiger partial charge in [0.25, 0.3) is 0 Å². The minimum absolute atomic E-state index is 0.139. The fourth-order valence-corrected chi connectivity index (χ4v) is 7.75. The second-order valence-corrected chi connectivity index (χ2v) is 16.7. The standard InChI is InChI=1S/C47H95NO4/c1-3-5-7-9-11-13-15-17-18-19-20-21-22-23-24-25-26-27-28-29-30-32-34-36-38-40-42-46(51)48-44(43-49)47(52)45(50)41-39-37-35-33-31-16-14-12-10-8-6-4-2/h44-45,47,49-50,52H,3-43H2,1-2H3,(H,48,51)/t44-,45?,47+/m1/s1. The molecule has 4 N–H and O–H groups in total. The van der Waals surface area contributed by atoms with Crippen molar-refractivity contribution in [1.82, 2.24) is 5.32 Å². The number of aliphatic hydroxyl groups is 3. The molecule has 0 saturated heterocycles. The van der Waals surface area contributed by atoms with Crippen molar-refractivity contribution in [1.29, 1.82) is 0 Å². The van der Waals surface area contributed by atoms with Gasteiger partial charge in [0.15, 0.2) is 0 Å². The van der Waals surface area contributed by atoms with Crippen molar-refractivity contribution in [3.8, 4) is 0 Å². The highest BCUT2D eigenvalue weighted by Crippen LogP contribution is 2.17. The van der Waals surface area contributed by atoms with Crippen LogP contribution in [0.2, 0.25) is 0 Å². The zero-order valence-electron chi connectivity index (χ0n) is 35.5. The summed E-state index contributed by atoms with van der Waals surface area (Å²) in [5.41, 5.74) is 0. The molecule has 0 aromatic rings. The van der Waals surface area contributed by atoms with E-state index >= 15 is 0 Å². The van der Waals surface area contributed by atoms with Crippen LogP contribution in [0, 0.1) is 0 Å². The van der Waals surface area contributed by atoms with Crippen molar-refractivity contribution in [3.63, 3.8) is 0 Å². The van der Waals surface area contributed by atoms with Crippen molar-refractivity contribution in [2.75, 3.05) is 6.61 Å². The Balaban J connectivity index is 3.49. The van der Waals surface area contributed by atoms with Crippen molar-refractivity contribution in [2.45, 2.75) is 289 Å². The monoisotopic (exact) mass is 738 g/mol. The van der Waals surface area contributed by atoms with Crippen LogP contribution in [0.25, 0.3) is 0 Å². The molecule has 0 heterocycles. The Bertz CT molecular complexity index is 688. The highest BCUT2D eigenvalue weighted by atomic mass is 16.3. The number of nitrogens with one attached hydrogen (secondary N) is 1. The predicted molar refractivity (Wildman–Crippen MR) is 227 cm³/mol. The topological polar surface area (TPSA) is 89.8 Å². The first-order chi connectivity index (χ1) is 25.6. The second kappa shape index (κ2) is 43.1. The lowest BCUT2D eigenvalue weighted by atomic mass is 9.99. The van der Waals surface area contributed by atoms with Crippen LogP contribution in [0.1, 0.15) is 271 Å². The number of hydrogen-bond donors (Lipinski definition) is 4. The van der Waals surface area contributed by atoms with Gasteiger partial charge in [-0.05, 0) is 12.8 Å². The third-order valence-corrected chi connectivity index (χ3v) is 11.5. The molecule has 0 aromatic heterocycles. The molecule has 3 atom stereocenters. The molecular weight excluding hydrogens is 643 g/mol. The summed E-state index contributed by atoms with van der Waals surface area (Å²) in [5, 5.41) is 33.5. The summed E-state index contributed by atoms with van der Waals surface area (Å²) in [4.78, 5) is 12.4. The second-order valence-electron chi connectivity index (χ2n) is 16.7. The normalized spacial score (nSPS) is 13.4. The van der Waals surface area contributed by atoms with E-state index in [1.165, 1.54) is 212 Å². The molecular formula is C47H95NO4. The molecule has 5 nitrogen and oxygen atoms in total. The van der Waals surface area contributed by atoms with E-state index in [2.05, 4.69) is 19.2 Å². The van der Waals surface area contributed by atoms with Gasteiger partial charge in [0.2, 0.25) is 5.91 Å². The molecule has 0 bridgehead atoms. The van der Waals surface area contributed by atoms with E-state index in [-0.39, 0.29) is 12.5 Å². The van der Waals surface area contributed by atoms with E-state index in [1.54, 1.807) is 0 Å². The van der Waals surface area contributed by atoms with Gasteiger partial charge in [-0.1, -0.05) is 251 Å². The number of rotatable bonds is 44. The van der Waals surface area contributed by atoms with Crippen LogP contribution in [0.15, 0.2) is 0 Å². The fraction of sp³-hybridized carbons (Fsp3) is 0.979. The predicted octanol–water partition coefficient (Wildman–Crippen LogP) is 13.8. The molecule has 0 spiro atoms. The molecule has 52 heavy (non-hydrogen) atoms. The van der Waals surface area contributed by atoms with Gasteiger partial charge in [-0.15, -0.1) is 0 Å². The number of unbranched alkanes of at least 4 members (excludes halogenated alkanes) is 36. The molecule has 312 valence electrons. The van der Waals surface area contributed by atoms with Gasteiger partial charge in [-0.3, -0.25) is 4.79 Å². The zero-order valence-corrected chi connectivity index (χ0v) is 35.5. The van der Waals surface area contributed by atoms with Crippen LogP contribution in [0.3, 0.4) is 0 Å². The minimum atomic E-state index is -1.13. The average molecular weight is 738 g/mol. The van der Waals surface area contributed by atoms with Gasteiger partial charge in [0.05, 0.1) is 18.8 Å². The van der Waals surface area contributed by atoms with Crippen molar-refractivity contribution < 1.29 is 20.1 Å².